The van der Waals surface area contributed by atoms with E-state index in [1.807, 2.05) is 54.6 Å². The zero-order chi connectivity index (χ0) is 14.9. The van der Waals surface area contributed by atoms with Crippen LogP contribution in [0.2, 0.25) is 0 Å². The fourth-order valence-electron chi connectivity index (χ4n) is 2.66. The van der Waals surface area contributed by atoms with Gasteiger partial charge in [0, 0.05) is 17.0 Å². The molecule has 0 radical (unpaired) electrons. The summed E-state index contributed by atoms with van der Waals surface area (Å²) < 4.78 is 1.46. The highest BCUT2D eigenvalue weighted by Crippen LogP contribution is 2.20. The molecular formula is C18H13N3O. The fraction of sp³-hybridized carbons (Fsp3) is 0.0556. The molecule has 22 heavy (non-hydrogen) atoms. The molecule has 4 nitrogen and oxygen atoms in total. The molecule has 0 amide bonds. The fourth-order valence-corrected chi connectivity index (χ4v) is 2.66. The quantitative estimate of drug-likeness (QED) is 0.532. The summed E-state index contributed by atoms with van der Waals surface area (Å²) in [5.41, 5.74) is 1.34. The van der Waals surface area contributed by atoms with Gasteiger partial charge < -0.3 is 0 Å². The molecule has 0 aliphatic heterocycles. The van der Waals surface area contributed by atoms with E-state index in [1.54, 1.807) is 12.4 Å². The highest BCUT2D eigenvalue weighted by molar-refractivity contribution is 6.04. The molecule has 0 aliphatic carbocycles. The molecule has 0 spiro atoms. The second-order valence-electron chi connectivity index (χ2n) is 5.20. The third-order valence-electron chi connectivity index (χ3n) is 3.78. The van der Waals surface area contributed by atoms with E-state index in [4.69, 9.17) is 0 Å². The van der Waals surface area contributed by atoms with Crippen LogP contribution in [0.1, 0.15) is 5.56 Å². The van der Waals surface area contributed by atoms with Gasteiger partial charge in [-0.25, -0.2) is 9.67 Å². The molecule has 0 unspecified atom stereocenters. The first kappa shape index (κ1) is 12.7. The molecule has 0 saturated heterocycles. The van der Waals surface area contributed by atoms with Crippen molar-refractivity contribution in [2.45, 2.75) is 6.54 Å². The van der Waals surface area contributed by atoms with E-state index in [9.17, 15) is 4.79 Å². The van der Waals surface area contributed by atoms with Gasteiger partial charge in [0.15, 0.2) is 0 Å². The van der Waals surface area contributed by atoms with Gasteiger partial charge in [-0.1, -0.05) is 54.6 Å². The summed E-state index contributed by atoms with van der Waals surface area (Å²) in [5.74, 6) is 0. The van der Waals surface area contributed by atoms with Gasteiger partial charge in [0.05, 0.1) is 12.7 Å². The molecule has 2 heterocycles. The maximum Gasteiger partial charge on any atom is 0.293 e. The van der Waals surface area contributed by atoms with E-state index >= 15 is 0 Å². The van der Waals surface area contributed by atoms with Gasteiger partial charge in [-0.3, -0.25) is 4.79 Å². The average Bonchev–Trinajstić information content (AvgIpc) is 2.58. The van der Waals surface area contributed by atoms with Crippen LogP contribution in [0, 0.1) is 0 Å². The van der Waals surface area contributed by atoms with Crippen molar-refractivity contribution in [3.63, 3.8) is 0 Å². The van der Waals surface area contributed by atoms with Gasteiger partial charge in [-0.15, -0.1) is 0 Å². The van der Waals surface area contributed by atoms with Crippen molar-refractivity contribution in [2.24, 2.45) is 0 Å². The van der Waals surface area contributed by atoms with E-state index in [1.165, 1.54) is 4.68 Å². The summed E-state index contributed by atoms with van der Waals surface area (Å²) in [6, 6.07) is 17.7. The summed E-state index contributed by atoms with van der Waals surface area (Å²) in [6.45, 7) is 0.449. The van der Waals surface area contributed by atoms with Crippen molar-refractivity contribution >= 4 is 21.7 Å². The van der Waals surface area contributed by atoms with Crippen LogP contribution in [0.25, 0.3) is 21.7 Å². The standard InChI is InChI=1S/C18H13N3O/c22-18-17-16(15-9-5-4-8-14(15)10-19-17)11-20-21(18)12-13-6-2-1-3-7-13/h1-11H,12H2. The second-order valence-corrected chi connectivity index (χ2v) is 5.20. The van der Waals surface area contributed by atoms with Gasteiger partial charge >= 0.3 is 0 Å². The number of aromatic nitrogens is 3. The molecule has 0 fully saturated rings. The van der Waals surface area contributed by atoms with Crippen LogP contribution in [0.5, 0.6) is 0 Å². The Hall–Kier alpha value is -3.01. The van der Waals surface area contributed by atoms with Crippen molar-refractivity contribution in [3.05, 3.63) is 82.9 Å². The third kappa shape index (κ3) is 2.05. The van der Waals surface area contributed by atoms with E-state index in [0.29, 0.717) is 12.1 Å². The Labute approximate surface area is 126 Å². The SMILES string of the molecule is O=c1c2ncc3ccccc3c2cnn1Cc1ccccc1. The topological polar surface area (TPSA) is 47.8 Å². The van der Waals surface area contributed by atoms with Crippen molar-refractivity contribution in [3.8, 4) is 0 Å². The number of hydrogen-bond acceptors (Lipinski definition) is 3. The van der Waals surface area contributed by atoms with Gasteiger partial charge in [0.25, 0.3) is 5.56 Å². The minimum atomic E-state index is -0.160. The molecule has 0 saturated carbocycles. The molecule has 2 aromatic carbocycles. The van der Waals surface area contributed by atoms with Crippen molar-refractivity contribution in [2.75, 3.05) is 0 Å². The highest BCUT2D eigenvalue weighted by Gasteiger charge is 2.08. The molecule has 0 bridgehead atoms. The lowest BCUT2D eigenvalue weighted by Gasteiger charge is -2.07. The van der Waals surface area contributed by atoms with E-state index in [2.05, 4.69) is 10.1 Å². The maximum absolute atomic E-state index is 12.6. The van der Waals surface area contributed by atoms with Crippen molar-refractivity contribution < 1.29 is 0 Å². The smallest absolute Gasteiger partial charge is 0.265 e. The van der Waals surface area contributed by atoms with Gasteiger partial charge in [-0.2, -0.15) is 5.10 Å². The summed E-state index contributed by atoms with van der Waals surface area (Å²) >= 11 is 0. The predicted octanol–water partition coefficient (Wildman–Crippen LogP) is 2.99. The minimum absolute atomic E-state index is 0.160. The van der Waals surface area contributed by atoms with Crippen LogP contribution in [0.4, 0.5) is 0 Å². The Morgan fingerprint density at radius 1 is 0.864 bits per heavy atom. The summed E-state index contributed by atoms with van der Waals surface area (Å²) in [5, 5.41) is 7.13. The van der Waals surface area contributed by atoms with E-state index < -0.39 is 0 Å². The second kappa shape index (κ2) is 5.07. The van der Waals surface area contributed by atoms with Crippen molar-refractivity contribution in [1.82, 2.24) is 14.8 Å². The Balaban J connectivity index is 1.91. The average molecular weight is 287 g/mol. The zero-order valence-electron chi connectivity index (χ0n) is 11.8. The number of rotatable bonds is 2. The molecular weight excluding hydrogens is 274 g/mol. The van der Waals surface area contributed by atoms with Crippen LogP contribution < -0.4 is 5.56 Å². The molecule has 0 N–H and O–H groups in total. The Bertz CT molecular complexity index is 1020. The molecule has 0 aliphatic rings. The minimum Gasteiger partial charge on any atom is -0.265 e. The van der Waals surface area contributed by atoms with Crippen LogP contribution in [-0.4, -0.2) is 14.8 Å². The van der Waals surface area contributed by atoms with Gasteiger partial charge in [0.1, 0.15) is 5.52 Å². The monoisotopic (exact) mass is 287 g/mol. The van der Waals surface area contributed by atoms with Crippen LogP contribution >= 0.6 is 0 Å². The Kier molecular flexibility index (Phi) is 2.93. The Morgan fingerprint density at radius 3 is 2.50 bits per heavy atom. The molecule has 0 atom stereocenters. The molecule has 4 aromatic rings. The number of pyridine rings is 1. The molecule has 2 aromatic heterocycles. The molecule has 106 valence electrons. The third-order valence-corrected chi connectivity index (χ3v) is 3.78. The number of nitrogens with zero attached hydrogens (tertiary/aromatic N) is 3. The number of fused-ring (bicyclic) bond motifs is 3. The first-order chi connectivity index (χ1) is 10.8. The first-order valence-electron chi connectivity index (χ1n) is 7.10. The van der Waals surface area contributed by atoms with Gasteiger partial charge in [-0.05, 0) is 10.9 Å². The van der Waals surface area contributed by atoms with Crippen LogP contribution in [-0.2, 0) is 6.54 Å². The van der Waals surface area contributed by atoms with E-state index in [0.717, 1.165) is 21.7 Å². The Morgan fingerprint density at radius 2 is 1.64 bits per heavy atom. The number of hydrogen-bond donors (Lipinski definition) is 0. The lowest BCUT2D eigenvalue weighted by Crippen LogP contribution is -2.24. The lowest BCUT2D eigenvalue weighted by molar-refractivity contribution is 0.646. The summed E-state index contributed by atoms with van der Waals surface area (Å²) in [7, 11) is 0. The number of benzene rings is 2. The zero-order valence-corrected chi connectivity index (χ0v) is 11.8. The first-order valence-corrected chi connectivity index (χ1v) is 7.10. The predicted molar refractivity (Wildman–Crippen MR) is 86.8 cm³/mol. The van der Waals surface area contributed by atoms with Gasteiger partial charge in [0.2, 0.25) is 0 Å². The largest absolute Gasteiger partial charge is 0.293 e. The molecule has 4 heteroatoms. The summed E-state index contributed by atoms with van der Waals surface area (Å²) in [4.78, 5) is 17.0. The normalized spacial score (nSPS) is 11.1. The van der Waals surface area contributed by atoms with Crippen LogP contribution in [0.3, 0.4) is 0 Å². The molecule has 4 rings (SSSR count). The van der Waals surface area contributed by atoms with Crippen molar-refractivity contribution in [1.29, 1.82) is 0 Å². The highest BCUT2D eigenvalue weighted by atomic mass is 16.1. The lowest BCUT2D eigenvalue weighted by atomic mass is 10.1. The summed E-state index contributed by atoms with van der Waals surface area (Å²) in [6.07, 6.45) is 3.47. The van der Waals surface area contributed by atoms with Crippen LogP contribution in [0.15, 0.2) is 71.8 Å². The van der Waals surface area contributed by atoms with E-state index in [-0.39, 0.29) is 5.56 Å². The maximum atomic E-state index is 12.6.